The van der Waals surface area contributed by atoms with Gasteiger partial charge < -0.3 is 29.9 Å². The zero-order valence-electron chi connectivity index (χ0n) is 27.7. The fourth-order valence-electron chi connectivity index (χ4n) is 12.1. The van der Waals surface area contributed by atoms with E-state index >= 15 is 0 Å². The van der Waals surface area contributed by atoms with E-state index < -0.39 is 36.0 Å². The maximum Gasteiger partial charge on any atom is 0.309 e. The molecule has 0 spiro atoms. The van der Waals surface area contributed by atoms with E-state index in [1.54, 1.807) is 5.57 Å². The first-order valence-electron chi connectivity index (χ1n) is 17.2. The summed E-state index contributed by atoms with van der Waals surface area (Å²) in [6, 6.07) is 0. The van der Waals surface area contributed by atoms with Crippen LogP contribution in [-0.4, -0.2) is 63.7 Å². The Morgan fingerprint density at radius 2 is 1.65 bits per heavy atom. The van der Waals surface area contributed by atoms with Gasteiger partial charge in [0.1, 0.15) is 12.2 Å². The molecule has 0 amide bonds. The third-order valence-electron chi connectivity index (χ3n) is 15.3. The van der Waals surface area contributed by atoms with Gasteiger partial charge >= 0.3 is 5.97 Å². The lowest BCUT2D eigenvalue weighted by Gasteiger charge is -2.71. The number of carboxylic acid groups (broad SMARTS) is 1. The third-order valence-corrected chi connectivity index (χ3v) is 15.3. The number of rotatable bonds is 4. The standard InChI is InChI=1S/C36H58O7/c1-31(2)25-10-13-36(7)26(34(25,5)12-11-27(31)43-28-18-23(38)29(39)24(20-37)42-28)9-8-21-22-19-33(4,30(40)41)15-14-32(22,3)16-17-35(21,36)6/h8,22-29,37-39H,9-20H2,1-7H3,(H,40,41)/t22-,23+,24+,25-,26+,27-,28+,29-,32+,33-,34-,35+,36+/m0/s1. The Morgan fingerprint density at radius 3 is 2.33 bits per heavy atom. The van der Waals surface area contributed by atoms with Crippen LogP contribution in [0.2, 0.25) is 0 Å². The highest BCUT2D eigenvalue weighted by molar-refractivity contribution is 5.74. The molecule has 1 heterocycles. The Hall–Kier alpha value is -0.990. The number of aliphatic hydroxyl groups excluding tert-OH is 3. The minimum atomic E-state index is -1.10. The number of allylic oxidation sites excluding steroid dienone is 2. The molecule has 1 aliphatic heterocycles. The molecule has 244 valence electrons. The molecular formula is C36H58O7. The van der Waals surface area contributed by atoms with E-state index in [1.165, 1.54) is 19.3 Å². The summed E-state index contributed by atoms with van der Waals surface area (Å²) in [5.41, 5.74) is 1.43. The predicted molar refractivity (Wildman–Crippen MR) is 164 cm³/mol. The molecule has 7 nitrogen and oxygen atoms in total. The number of aliphatic carboxylic acids is 1. The molecule has 7 heteroatoms. The van der Waals surface area contributed by atoms with E-state index in [1.807, 2.05) is 6.92 Å². The SMILES string of the molecule is CC1(C)[C@@H](O[C@@H]2C[C@@H](O)[C@H](O)[C@@H](CO)O2)CC[C@]2(C)[C@H]3CC=C4[C@@H]5C[C@@](C)(C(=O)O)CC[C@]5(C)CC[C@@]4(C)[C@]3(C)CC[C@@H]12. The number of ether oxygens (including phenoxy) is 2. The lowest BCUT2D eigenvalue weighted by Crippen LogP contribution is -2.65. The fourth-order valence-corrected chi connectivity index (χ4v) is 12.1. The molecule has 5 aliphatic carbocycles. The van der Waals surface area contributed by atoms with E-state index in [4.69, 9.17) is 9.47 Å². The van der Waals surface area contributed by atoms with Gasteiger partial charge in [-0.2, -0.15) is 0 Å². The molecule has 0 aromatic heterocycles. The van der Waals surface area contributed by atoms with Gasteiger partial charge in [-0.1, -0.05) is 53.2 Å². The Kier molecular flexibility index (Phi) is 7.62. The molecule has 6 rings (SSSR count). The molecule has 6 aliphatic rings. The fraction of sp³-hybridized carbons (Fsp3) is 0.917. The highest BCUT2D eigenvalue weighted by Gasteiger charge is 2.68. The minimum Gasteiger partial charge on any atom is -0.481 e. The maximum atomic E-state index is 12.4. The van der Waals surface area contributed by atoms with Crippen molar-refractivity contribution >= 4 is 5.97 Å². The molecule has 13 atom stereocenters. The summed E-state index contributed by atoms with van der Waals surface area (Å²) in [4.78, 5) is 12.4. The number of hydrogen-bond acceptors (Lipinski definition) is 6. The van der Waals surface area contributed by atoms with Gasteiger partial charge in [0.05, 0.1) is 24.2 Å². The van der Waals surface area contributed by atoms with Crippen molar-refractivity contribution in [3.05, 3.63) is 11.6 Å². The van der Waals surface area contributed by atoms with Crippen molar-refractivity contribution < 1.29 is 34.7 Å². The van der Waals surface area contributed by atoms with Crippen LogP contribution in [0.3, 0.4) is 0 Å². The van der Waals surface area contributed by atoms with Crippen LogP contribution in [0.15, 0.2) is 11.6 Å². The topological polar surface area (TPSA) is 116 Å². The van der Waals surface area contributed by atoms with Crippen molar-refractivity contribution in [3.63, 3.8) is 0 Å². The normalized spacial score (nSPS) is 54.3. The van der Waals surface area contributed by atoms with Crippen molar-refractivity contribution in [2.24, 2.45) is 50.2 Å². The molecule has 4 N–H and O–H groups in total. The van der Waals surface area contributed by atoms with Crippen molar-refractivity contribution in [3.8, 4) is 0 Å². The number of carboxylic acids is 1. The quantitative estimate of drug-likeness (QED) is 0.227. The molecule has 0 radical (unpaired) electrons. The van der Waals surface area contributed by atoms with E-state index in [2.05, 4.69) is 47.6 Å². The summed E-state index contributed by atoms with van der Waals surface area (Å²) >= 11 is 0. The molecule has 1 saturated heterocycles. The van der Waals surface area contributed by atoms with Crippen molar-refractivity contribution in [1.29, 1.82) is 0 Å². The van der Waals surface area contributed by atoms with E-state index in [0.29, 0.717) is 17.8 Å². The van der Waals surface area contributed by atoms with Crippen LogP contribution in [0.25, 0.3) is 0 Å². The van der Waals surface area contributed by atoms with Crippen molar-refractivity contribution in [2.75, 3.05) is 6.61 Å². The number of fused-ring (bicyclic) bond motifs is 7. The molecule has 4 saturated carbocycles. The van der Waals surface area contributed by atoms with Gasteiger partial charge in [0, 0.05) is 6.42 Å². The molecular weight excluding hydrogens is 544 g/mol. The first-order valence-corrected chi connectivity index (χ1v) is 17.2. The summed E-state index contributed by atoms with van der Waals surface area (Å²) in [6.07, 6.45) is 9.53. The average Bonchev–Trinajstić information content (AvgIpc) is 2.93. The lowest BCUT2D eigenvalue weighted by molar-refractivity contribution is -0.297. The van der Waals surface area contributed by atoms with Crippen LogP contribution in [0.4, 0.5) is 0 Å². The maximum absolute atomic E-state index is 12.4. The van der Waals surface area contributed by atoms with Gasteiger partial charge in [-0.3, -0.25) is 4.79 Å². The van der Waals surface area contributed by atoms with E-state index in [9.17, 15) is 25.2 Å². The van der Waals surface area contributed by atoms with Crippen LogP contribution in [0.1, 0.15) is 119 Å². The van der Waals surface area contributed by atoms with Crippen molar-refractivity contribution in [2.45, 2.75) is 150 Å². The highest BCUT2D eigenvalue weighted by atomic mass is 16.7. The second-order valence-corrected chi connectivity index (χ2v) is 17.6. The van der Waals surface area contributed by atoms with Crippen LogP contribution in [-0.2, 0) is 14.3 Å². The first kappa shape index (κ1) is 32.0. The smallest absolute Gasteiger partial charge is 0.309 e. The zero-order chi connectivity index (χ0) is 31.4. The Bertz CT molecular complexity index is 1150. The molecule has 43 heavy (non-hydrogen) atoms. The first-order chi connectivity index (χ1) is 19.9. The molecule has 0 unspecified atom stereocenters. The Morgan fingerprint density at radius 1 is 0.953 bits per heavy atom. The van der Waals surface area contributed by atoms with Gasteiger partial charge in [-0.05, 0) is 116 Å². The van der Waals surface area contributed by atoms with Crippen molar-refractivity contribution in [1.82, 2.24) is 0 Å². The summed E-state index contributed by atoms with van der Waals surface area (Å²) in [7, 11) is 0. The van der Waals surface area contributed by atoms with Crippen LogP contribution >= 0.6 is 0 Å². The van der Waals surface area contributed by atoms with Crippen LogP contribution in [0, 0.1) is 50.2 Å². The minimum absolute atomic E-state index is 0.0293. The van der Waals surface area contributed by atoms with E-state index in [-0.39, 0.29) is 46.2 Å². The largest absolute Gasteiger partial charge is 0.481 e. The second-order valence-electron chi connectivity index (χ2n) is 17.6. The second kappa shape index (κ2) is 10.3. The van der Waals surface area contributed by atoms with Gasteiger partial charge in [0.25, 0.3) is 0 Å². The van der Waals surface area contributed by atoms with Gasteiger partial charge in [0.2, 0.25) is 0 Å². The van der Waals surface area contributed by atoms with Gasteiger partial charge in [-0.25, -0.2) is 0 Å². The van der Waals surface area contributed by atoms with Crippen LogP contribution < -0.4 is 0 Å². The van der Waals surface area contributed by atoms with Crippen LogP contribution in [0.5, 0.6) is 0 Å². The average molecular weight is 603 g/mol. The van der Waals surface area contributed by atoms with E-state index in [0.717, 1.165) is 44.9 Å². The summed E-state index contributed by atoms with van der Waals surface area (Å²) < 4.78 is 12.5. The lowest BCUT2D eigenvalue weighted by atomic mass is 9.33. The molecule has 0 aromatic carbocycles. The molecule has 0 bridgehead atoms. The summed E-state index contributed by atoms with van der Waals surface area (Å²) in [6.45, 7) is 16.5. The number of aliphatic hydroxyl groups is 3. The Balaban J connectivity index is 1.27. The summed E-state index contributed by atoms with van der Waals surface area (Å²) in [5, 5.41) is 40.5. The number of carbonyl (C=O) groups is 1. The summed E-state index contributed by atoms with van der Waals surface area (Å²) in [5.74, 6) is 0.736. The Labute approximate surface area is 258 Å². The predicted octanol–water partition coefficient (Wildman–Crippen LogP) is 6.09. The monoisotopic (exact) mass is 602 g/mol. The molecule has 0 aromatic rings. The van der Waals surface area contributed by atoms with Gasteiger partial charge in [-0.15, -0.1) is 0 Å². The zero-order valence-corrected chi connectivity index (χ0v) is 27.7. The number of hydrogen-bond donors (Lipinski definition) is 4. The molecule has 5 fully saturated rings. The third kappa shape index (κ3) is 4.48. The highest BCUT2D eigenvalue weighted by Crippen LogP contribution is 2.75. The van der Waals surface area contributed by atoms with Gasteiger partial charge in [0.15, 0.2) is 6.29 Å².